The molecule has 102 valence electrons. The number of carbonyl (C=O) groups is 1. The number of ketones is 1. The molecule has 0 aromatic heterocycles. The molecule has 0 aliphatic carbocycles. The Morgan fingerprint density at radius 3 is 2.55 bits per heavy atom. The number of fused-ring (bicyclic) bond motifs is 2. The van der Waals surface area contributed by atoms with Crippen molar-refractivity contribution in [2.45, 2.75) is 33.1 Å². The van der Waals surface area contributed by atoms with E-state index in [0.717, 1.165) is 16.9 Å². The number of aryl methyl sites for hydroxylation is 1. The first-order valence-corrected chi connectivity index (χ1v) is 6.99. The summed E-state index contributed by atoms with van der Waals surface area (Å²) in [6.45, 7) is 6.29. The van der Waals surface area contributed by atoms with Crippen LogP contribution in [0.1, 0.15) is 46.8 Å². The van der Waals surface area contributed by atoms with Crippen molar-refractivity contribution in [2.75, 3.05) is 0 Å². The Kier molecular flexibility index (Phi) is 3.09. The predicted molar refractivity (Wildman–Crippen MR) is 79.8 cm³/mol. The van der Waals surface area contributed by atoms with Crippen molar-refractivity contribution in [3.8, 4) is 11.5 Å². The highest BCUT2D eigenvalue weighted by molar-refractivity contribution is 6.01. The summed E-state index contributed by atoms with van der Waals surface area (Å²) in [6, 6.07) is 11.9. The van der Waals surface area contributed by atoms with E-state index in [9.17, 15) is 4.79 Å². The molecule has 0 N–H and O–H groups in total. The second-order valence-corrected chi connectivity index (χ2v) is 5.72. The van der Waals surface area contributed by atoms with Gasteiger partial charge in [0.25, 0.3) is 0 Å². The number of Topliss-reactive ketones (excluding diaryl/α,β-unsaturated/α-hetero) is 1. The molecule has 1 aliphatic rings. The average Bonchev–Trinajstić information content (AvgIpc) is 2.54. The van der Waals surface area contributed by atoms with Gasteiger partial charge in [-0.1, -0.05) is 37.6 Å². The van der Waals surface area contributed by atoms with E-state index in [2.05, 4.69) is 26.0 Å². The van der Waals surface area contributed by atoms with Gasteiger partial charge in [-0.25, -0.2) is 0 Å². The quantitative estimate of drug-likeness (QED) is 0.751. The molecule has 2 aromatic carbocycles. The maximum Gasteiger partial charge on any atom is 0.171 e. The summed E-state index contributed by atoms with van der Waals surface area (Å²) in [5, 5.41) is 0. The zero-order chi connectivity index (χ0) is 14.3. The van der Waals surface area contributed by atoms with E-state index in [1.807, 2.05) is 31.2 Å². The third-order valence-corrected chi connectivity index (χ3v) is 3.76. The van der Waals surface area contributed by atoms with Crippen molar-refractivity contribution >= 4 is 5.78 Å². The van der Waals surface area contributed by atoms with Crippen LogP contribution < -0.4 is 4.74 Å². The number of ether oxygens (including phenoxy) is 1. The monoisotopic (exact) mass is 266 g/mol. The van der Waals surface area contributed by atoms with Gasteiger partial charge in [-0.05, 0) is 36.6 Å². The fourth-order valence-corrected chi connectivity index (χ4v) is 2.53. The van der Waals surface area contributed by atoms with Crippen LogP contribution in [-0.4, -0.2) is 5.78 Å². The van der Waals surface area contributed by atoms with Crippen LogP contribution in [0.5, 0.6) is 11.5 Å². The first kappa shape index (κ1) is 12.9. The molecule has 0 radical (unpaired) electrons. The van der Waals surface area contributed by atoms with Gasteiger partial charge in [0.1, 0.15) is 11.5 Å². The number of hydrogen-bond donors (Lipinski definition) is 0. The van der Waals surface area contributed by atoms with E-state index in [4.69, 9.17) is 4.74 Å². The van der Waals surface area contributed by atoms with Crippen LogP contribution in [0.4, 0.5) is 0 Å². The molecule has 2 aromatic rings. The van der Waals surface area contributed by atoms with E-state index < -0.39 is 0 Å². The Morgan fingerprint density at radius 2 is 1.80 bits per heavy atom. The standard InChI is InChI=1S/C18H18O2/c1-11(2)13-5-7-17-14(9-13)10-16(19)15-8-12(3)4-6-18(15)20-17/h4-9,11H,10H2,1-3H3. The number of carbonyl (C=O) groups excluding carboxylic acids is 1. The van der Waals surface area contributed by atoms with E-state index in [0.29, 0.717) is 23.7 Å². The van der Waals surface area contributed by atoms with Gasteiger partial charge in [0.05, 0.1) is 5.56 Å². The minimum Gasteiger partial charge on any atom is -0.456 e. The molecule has 0 bridgehead atoms. The molecule has 1 heterocycles. The number of rotatable bonds is 1. The summed E-state index contributed by atoms with van der Waals surface area (Å²) in [5.74, 6) is 2.04. The van der Waals surface area contributed by atoms with Crippen LogP contribution in [0.25, 0.3) is 0 Å². The molecule has 0 atom stereocenters. The lowest BCUT2D eigenvalue weighted by molar-refractivity contribution is 0.0993. The normalized spacial score (nSPS) is 13.5. The van der Waals surface area contributed by atoms with E-state index in [1.54, 1.807) is 0 Å². The Balaban J connectivity index is 2.09. The smallest absolute Gasteiger partial charge is 0.171 e. The van der Waals surface area contributed by atoms with Crippen molar-refractivity contribution < 1.29 is 9.53 Å². The van der Waals surface area contributed by atoms with E-state index in [1.165, 1.54) is 5.56 Å². The highest BCUT2D eigenvalue weighted by Gasteiger charge is 2.21. The molecular formula is C18H18O2. The summed E-state index contributed by atoms with van der Waals surface area (Å²) in [4.78, 5) is 12.4. The molecule has 0 unspecified atom stereocenters. The van der Waals surface area contributed by atoms with Gasteiger partial charge in [0, 0.05) is 12.0 Å². The summed E-state index contributed by atoms with van der Waals surface area (Å²) < 4.78 is 5.94. The SMILES string of the molecule is Cc1ccc2c(c1)C(=O)Cc1cc(C(C)C)ccc1O2. The van der Waals surface area contributed by atoms with Gasteiger partial charge < -0.3 is 4.74 Å². The summed E-state index contributed by atoms with van der Waals surface area (Å²) >= 11 is 0. The van der Waals surface area contributed by atoms with Gasteiger partial charge in [0.15, 0.2) is 5.78 Å². The Bertz CT molecular complexity index is 684. The average molecular weight is 266 g/mol. The third kappa shape index (κ3) is 2.22. The maximum absolute atomic E-state index is 12.4. The Labute approximate surface area is 119 Å². The van der Waals surface area contributed by atoms with Crippen LogP contribution in [0.2, 0.25) is 0 Å². The highest BCUT2D eigenvalue weighted by atomic mass is 16.5. The Morgan fingerprint density at radius 1 is 1.05 bits per heavy atom. The molecule has 3 rings (SSSR count). The molecule has 20 heavy (non-hydrogen) atoms. The lowest BCUT2D eigenvalue weighted by atomic mass is 9.96. The van der Waals surface area contributed by atoms with Gasteiger partial charge in [0.2, 0.25) is 0 Å². The largest absolute Gasteiger partial charge is 0.456 e. The van der Waals surface area contributed by atoms with Gasteiger partial charge in [-0.3, -0.25) is 4.79 Å². The van der Waals surface area contributed by atoms with Crippen LogP contribution in [-0.2, 0) is 6.42 Å². The molecule has 2 heteroatoms. The first-order valence-electron chi connectivity index (χ1n) is 6.99. The van der Waals surface area contributed by atoms with Gasteiger partial charge in [-0.2, -0.15) is 0 Å². The third-order valence-electron chi connectivity index (χ3n) is 3.76. The topological polar surface area (TPSA) is 26.3 Å². The van der Waals surface area contributed by atoms with Crippen molar-refractivity contribution in [1.82, 2.24) is 0 Å². The first-order chi connectivity index (χ1) is 9.54. The second-order valence-electron chi connectivity index (χ2n) is 5.72. The predicted octanol–water partition coefficient (Wildman–Crippen LogP) is 4.65. The van der Waals surface area contributed by atoms with Crippen LogP contribution in [0.15, 0.2) is 36.4 Å². The summed E-state index contributed by atoms with van der Waals surface area (Å²) in [7, 11) is 0. The van der Waals surface area contributed by atoms with Gasteiger partial charge >= 0.3 is 0 Å². The minimum absolute atomic E-state index is 0.128. The highest BCUT2D eigenvalue weighted by Crippen LogP contribution is 2.35. The zero-order valence-corrected chi connectivity index (χ0v) is 12.1. The van der Waals surface area contributed by atoms with E-state index in [-0.39, 0.29) is 5.78 Å². The summed E-state index contributed by atoms with van der Waals surface area (Å²) in [5.41, 5.74) is 3.99. The van der Waals surface area contributed by atoms with Crippen molar-refractivity contribution in [1.29, 1.82) is 0 Å². The minimum atomic E-state index is 0.128. The summed E-state index contributed by atoms with van der Waals surface area (Å²) in [6.07, 6.45) is 0.409. The Hall–Kier alpha value is -2.09. The molecule has 0 spiro atoms. The van der Waals surface area contributed by atoms with Crippen LogP contribution in [0.3, 0.4) is 0 Å². The molecule has 0 saturated carbocycles. The molecule has 2 nitrogen and oxygen atoms in total. The molecule has 0 amide bonds. The molecular weight excluding hydrogens is 248 g/mol. The molecule has 1 aliphatic heterocycles. The fraction of sp³-hybridized carbons (Fsp3) is 0.278. The zero-order valence-electron chi connectivity index (χ0n) is 12.1. The van der Waals surface area contributed by atoms with Crippen LogP contribution in [0, 0.1) is 6.92 Å². The van der Waals surface area contributed by atoms with Crippen LogP contribution >= 0.6 is 0 Å². The van der Waals surface area contributed by atoms with Crippen molar-refractivity contribution in [2.24, 2.45) is 0 Å². The molecule has 0 fully saturated rings. The van der Waals surface area contributed by atoms with Crippen molar-refractivity contribution in [3.05, 3.63) is 58.7 Å². The van der Waals surface area contributed by atoms with E-state index >= 15 is 0 Å². The fourth-order valence-electron chi connectivity index (χ4n) is 2.53. The molecule has 0 saturated heterocycles. The van der Waals surface area contributed by atoms with Gasteiger partial charge in [-0.15, -0.1) is 0 Å². The lowest BCUT2D eigenvalue weighted by Gasteiger charge is -2.11. The lowest BCUT2D eigenvalue weighted by Crippen LogP contribution is -2.02. The number of benzene rings is 2. The van der Waals surface area contributed by atoms with Crippen molar-refractivity contribution in [3.63, 3.8) is 0 Å². The maximum atomic E-state index is 12.4. The number of hydrogen-bond acceptors (Lipinski definition) is 2. The second kappa shape index (κ2) is 4.78.